The van der Waals surface area contributed by atoms with Crippen molar-refractivity contribution < 1.29 is 4.79 Å². The fraction of sp³-hybridized carbons (Fsp3) is 0.0526. The van der Waals surface area contributed by atoms with Crippen LogP contribution in [0, 0.1) is 6.92 Å². The lowest BCUT2D eigenvalue weighted by Gasteiger charge is -2.07. The van der Waals surface area contributed by atoms with Gasteiger partial charge >= 0.3 is 0 Å². The standard InChI is InChI=1S/C19H14N2O/c1-13-7-6-12-20-18(13)19(22)21-16-10-4-2-8-14(16)15-9-3-5-11-17(15)21/h2-12H,1H3. The Morgan fingerprint density at radius 2 is 1.45 bits per heavy atom. The van der Waals surface area contributed by atoms with Crippen LogP contribution in [-0.2, 0) is 0 Å². The molecule has 22 heavy (non-hydrogen) atoms. The lowest BCUT2D eigenvalue weighted by molar-refractivity contribution is 0.0964. The Hall–Kier alpha value is -2.94. The van der Waals surface area contributed by atoms with Crippen LogP contribution in [0.2, 0.25) is 0 Å². The number of para-hydroxylation sites is 2. The van der Waals surface area contributed by atoms with Crippen LogP contribution in [0.1, 0.15) is 16.1 Å². The van der Waals surface area contributed by atoms with Crippen LogP contribution in [0.25, 0.3) is 21.8 Å². The molecule has 0 aliphatic carbocycles. The molecule has 0 unspecified atom stereocenters. The Kier molecular flexibility index (Phi) is 2.79. The quantitative estimate of drug-likeness (QED) is 0.526. The number of rotatable bonds is 1. The highest BCUT2D eigenvalue weighted by molar-refractivity contribution is 6.16. The maximum absolute atomic E-state index is 13.1. The Morgan fingerprint density at radius 1 is 0.864 bits per heavy atom. The summed E-state index contributed by atoms with van der Waals surface area (Å²) in [5, 5.41) is 2.17. The van der Waals surface area contributed by atoms with Crippen molar-refractivity contribution in [3.63, 3.8) is 0 Å². The monoisotopic (exact) mass is 286 g/mol. The van der Waals surface area contributed by atoms with Crippen molar-refractivity contribution in [3.8, 4) is 0 Å². The normalized spacial score (nSPS) is 11.1. The van der Waals surface area contributed by atoms with Gasteiger partial charge in [-0.05, 0) is 30.7 Å². The number of nitrogens with zero attached hydrogens (tertiary/aromatic N) is 2. The van der Waals surface area contributed by atoms with E-state index in [1.54, 1.807) is 10.8 Å². The average Bonchev–Trinajstić information content (AvgIpc) is 2.89. The predicted molar refractivity (Wildman–Crippen MR) is 88.1 cm³/mol. The molecule has 4 rings (SSSR count). The van der Waals surface area contributed by atoms with Crippen molar-refractivity contribution in [2.24, 2.45) is 0 Å². The summed E-state index contributed by atoms with van der Waals surface area (Å²) in [6, 6.07) is 19.7. The minimum atomic E-state index is -0.0875. The molecular weight excluding hydrogens is 272 g/mol. The fourth-order valence-corrected chi connectivity index (χ4v) is 2.96. The third-order valence-corrected chi connectivity index (χ3v) is 4.00. The van der Waals surface area contributed by atoms with Gasteiger partial charge in [-0.1, -0.05) is 42.5 Å². The van der Waals surface area contributed by atoms with Gasteiger partial charge in [-0.3, -0.25) is 14.3 Å². The van der Waals surface area contributed by atoms with E-state index < -0.39 is 0 Å². The maximum atomic E-state index is 13.1. The molecule has 3 heteroatoms. The molecule has 3 nitrogen and oxygen atoms in total. The highest BCUT2D eigenvalue weighted by atomic mass is 16.2. The Morgan fingerprint density at radius 3 is 2.05 bits per heavy atom. The van der Waals surface area contributed by atoms with E-state index in [0.717, 1.165) is 27.4 Å². The smallest absolute Gasteiger partial charge is 0.274 e. The molecule has 0 aliphatic heterocycles. The molecule has 0 fully saturated rings. The van der Waals surface area contributed by atoms with Gasteiger partial charge in [-0.2, -0.15) is 0 Å². The van der Waals surface area contributed by atoms with E-state index >= 15 is 0 Å². The van der Waals surface area contributed by atoms with Crippen molar-refractivity contribution in [1.29, 1.82) is 0 Å². The van der Waals surface area contributed by atoms with Crippen LogP contribution in [0.3, 0.4) is 0 Å². The van der Waals surface area contributed by atoms with Crippen molar-refractivity contribution in [1.82, 2.24) is 9.55 Å². The van der Waals surface area contributed by atoms with E-state index in [9.17, 15) is 4.79 Å². The van der Waals surface area contributed by atoms with Crippen molar-refractivity contribution in [2.45, 2.75) is 6.92 Å². The van der Waals surface area contributed by atoms with Gasteiger partial charge in [0, 0.05) is 17.0 Å². The molecule has 0 saturated heterocycles. The molecule has 0 amide bonds. The van der Waals surface area contributed by atoms with Gasteiger partial charge in [0.2, 0.25) is 0 Å². The van der Waals surface area contributed by atoms with Gasteiger partial charge in [0.15, 0.2) is 0 Å². The van der Waals surface area contributed by atoms with Gasteiger partial charge in [-0.15, -0.1) is 0 Å². The summed E-state index contributed by atoms with van der Waals surface area (Å²) in [7, 11) is 0. The number of benzene rings is 2. The fourth-order valence-electron chi connectivity index (χ4n) is 2.96. The topological polar surface area (TPSA) is 34.9 Å². The summed E-state index contributed by atoms with van der Waals surface area (Å²) in [5.74, 6) is -0.0875. The van der Waals surface area contributed by atoms with Crippen LogP contribution in [-0.4, -0.2) is 15.5 Å². The number of hydrogen-bond acceptors (Lipinski definition) is 2. The first-order chi connectivity index (χ1) is 10.8. The second-order valence-electron chi connectivity index (χ2n) is 5.34. The van der Waals surface area contributed by atoms with Gasteiger partial charge < -0.3 is 0 Å². The molecule has 2 aromatic carbocycles. The first-order valence-corrected chi connectivity index (χ1v) is 7.22. The van der Waals surface area contributed by atoms with Gasteiger partial charge in [-0.25, -0.2) is 0 Å². The summed E-state index contributed by atoms with van der Waals surface area (Å²) >= 11 is 0. The van der Waals surface area contributed by atoms with Crippen molar-refractivity contribution >= 4 is 27.7 Å². The van der Waals surface area contributed by atoms with Crippen molar-refractivity contribution in [2.75, 3.05) is 0 Å². The highest BCUT2D eigenvalue weighted by Gasteiger charge is 2.18. The lowest BCUT2D eigenvalue weighted by Crippen LogP contribution is -2.14. The molecule has 106 valence electrons. The number of aryl methyl sites for hydroxylation is 1. The number of carbonyl (C=O) groups excluding carboxylic acids is 1. The van der Waals surface area contributed by atoms with Crippen molar-refractivity contribution in [3.05, 3.63) is 78.1 Å². The third kappa shape index (κ3) is 1.76. The number of fused-ring (bicyclic) bond motifs is 3. The molecule has 0 spiro atoms. The van der Waals surface area contributed by atoms with Crippen LogP contribution < -0.4 is 0 Å². The summed E-state index contributed by atoms with van der Waals surface area (Å²) in [6.07, 6.45) is 1.66. The second kappa shape index (κ2) is 4.81. The Balaban J connectivity index is 2.09. The van der Waals surface area contributed by atoms with E-state index in [2.05, 4.69) is 4.98 Å². The minimum absolute atomic E-state index is 0.0875. The molecule has 2 aromatic heterocycles. The van der Waals surface area contributed by atoms with Crippen LogP contribution in [0.4, 0.5) is 0 Å². The van der Waals surface area contributed by atoms with Crippen LogP contribution in [0.15, 0.2) is 66.9 Å². The van der Waals surface area contributed by atoms with Crippen LogP contribution >= 0.6 is 0 Å². The number of pyridine rings is 1. The lowest BCUT2D eigenvalue weighted by atomic mass is 10.2. The molecule has 0 N–H and O–H groups in total. The summed E-state index contributed by atoms with van der Waals surface area (Å²) in [6.45, 7) is 1.91. The zero-order valence-electron chi connectivity index (χ0n) is 12.2. The van der Waals surface area contributed by atoms with E-state index in [1.165, 1.54) is 0 Å². The minimum Gasteiger partial charge on any atom is -0.274 e. The maximum Gasteiger partial charge on any atom is 0.281 e. The predicted octanol–water partition coefficient (Wildman–Crippen LogP) is 4.19. The van der Waals surface area contributed by atoms with Gasteiger partial charge in [0.05, 0.1) is 11.0 Å². The zero-order valence-corrected chi connectivity index (χ0v) is 12.2. The van der Waals surface area contributed by atoms with E-state index in [0.29, 0.717) is 5.69 Å². The zero-order chi connectivity index (χ0) is 15.1. The Bertz CT molecular complexity index is 961. The molecule has 0 atom stereocenters. The Labute approximate surface area is 127 Å². The summed E-state index contributed by atoms with van der Waals surface area (Å²) in [5.41, 5.74) is 3.21. The third-order valence-electron chi connectivity index (χ3n) is 4.00. The largest absolute Gasteiger partial charge is 0.281 e. The van der Waals surface area contributed by atoms with E-state index in [1.807, 2.05) is 67.6 Å². The molecule has 2 heterocycles. The molecule has 0 saturated carbocycles. The molecular formula is C19H14N2O. The SMILES string of the molecule is Cc1cccnc1C(=O)n1c2ccccc2c2ccccc21. The van der Waals surface area contributed by atoms with Crippen LogP contribution in [0.5, 0.6) is 0 Å². The average molecular weight is 286 g/mol. The number of aromatic nitrogens is 2. The second-order valence-corrected chi connectivity index (χ2v) is 5.34. The molecule has 0 aliphatic rings. The summed E-state index contributed by atoms with van der Waals surface area (Å²) in [4.78, 5) is 17.3. The first kappa shape index (κ1) is 12.8. The van der Waals surface area contributed by atoms with E-state index in [-0.39, 0.29) is 5.91 Å². The first-order valence-electron chi connectivity index (χ1n) is 7.22. The molecule has 0 radical (unpaired) electrons. The van der Waals surface area contributed by atoms with Gasteiger partial charge in [0.25, 0.3) is 5.91 Å². The van der Waals surface area contributed by atoms with Gasteiger partial charge in [0.1, 0.15) is 5.69 Å². The van der Waals surface area contributed by atoms with E-state index in [4.69, 9.17) is 0 Å². The number of carbonyl (C=O) groups is 1. The molecule has 4 aromatic rings. The highest BCUT2D eigenvalue weighted by Crippen LogP contribution is 2.29. The summed E-state index contributed by atoms with van der Waals surface area (Å²) < 4.78 is 1.76. The molecule has 0 bridgehead atoms. The number of hydrogen-bond donors (Lipinski definition) is 0.